The average Bonchev–Trinajstić information content (AvgIpc) is 2.70. The third-order valence-corrected chi connectivity index (χ3v) is 4.51. The molecule has 0 aromatic rings. The highest BCUT2D eigenvalue weighted by molar-refractivity contribution is 8.04. The first-order valence-corrected chi connectivity index (χ1v) is 7.08. The number of hydrogen-bond donors (Lipinski definition) is 1. The molecule has 2 aliphatic heterocycles. The van der Waals surface area contributed by atoms with Crippen LogP contribution < -0.4 is 0 Å². The molecule has 0 aromatic heterocycles. The van der Waals surface area contributed by atoms with Gasteiger partial charge in [-0.05, 0) is 6.92 Å². The molecule has 0 bridgehead atoms. The second-order valence-electron chi connectivity index (χ2n) is 4.57. The fourth-order valence-corrected chi connectivity index (χ4v) is 3.85. The molecule has 0 aliphatic carbocycles. The molecule has 2 heterocycles. The molecule has 1 saturated heterocycles. The van der Waals surface area contributed by atoms with E-state index >= 15 is 0 Å². The summed E-state index contributed by atoms with van der Waals surface area (Å²) in [6.07, 6.45) is 0.716. The Kier molecular flexibility index (Phi) is 4.52. The Morgan fingerprint density at radius 3 is 2.90 bits per heavy atom. The average molecular weight is 299 g/mol. The van der Waals surface area contributed by atoms with Gasteiger partial charge in [-0.15, -0.1) is 0 Å². The lowest BCUT2D eigenvalue weighted by Crippen LogP contribution is -2.60. The van der Waals surface area contributed by atoms with Crippen LogP contribution in [0, 0.1) is 5.92 Å². The van der Waals surface area contributed by atoms with Crippen LogP contribution in [0.2, 0.25) is 0 Å². The smallest absolute Gasteiger partial charge is 0.356 e. The topological polar surface area (TPSA) is 76.1 Å². The number of carbonyl (C=O) groups is 2. The van der Waals surface area contributed by atoms with E-state index in [0.29, 0.717) is 4.91 Å². The highest BCUT2D eigenvalue weighted by atomic mass is 32.2. The zero-order valence-electron chi connectivity index (χ0n) is 11.4. The van der Waals surface area contributed by atoms with Gasteiger partial charge in [0.2, 0.25) is 5.91 Å². The van der Waals surface area contributed by atoms with E-state index in [1.54, 1.807) is 6.92 Å². The van der Waals surface area contributed by atoms with Gasteiger partial charge >= 0.3 is 5.97 Å². The predicted molar refractivity (Wildman–Crippen MR) is 73.5 cm³/mol. The van der Waals surface area contributed by atoms with Crippen LogP contribution in [0.4, 0.5) is 0 Å². The molecular formula is C13H17NO5S. The van der Waals surface area contributed by atoms with Crippen LogP contribution in [0.15, 0.2) is 23.3 Å². The number of hydrogen-bond acceptors (Lipinski definition) is 6. The molecule has 0 spiro atoms. The molecule has 1 fully saturated rings. The van der Waals surface area contributed by atoms with Crippen molar-refractivity contribution in [3.05, 3.63) is 23.3 Å². The number of aliphatic hydroxyl groups is 1. The summed E-state index contributed by atoms with van der Waals surface area (Å²) in [7, 11) is 1.52. The van der Waals surface area contributed by atoms with Crippen LogP contribution in [0.25, 0.3) is 0 Å². The van der Waals surface area contributed by atoms with Crippen LogP contribution in [-0.4, -0.2) is 53.7 Å². The highest BCUT2D eigenvalue weighted by Crippen LogP contribution is 2.50. The first-order chi connectivity index (χ1) is 9.52. The summed E-state index contributed by atoms with van der Waals surface area (Å²) in [5.74, 6) is -1.31. The number of ether oxygens (including phenoxy) is 2. The lowest BCUT2D eigenvalue weighted by molar-refractivity contribution is -0.158. The summed E-state index contributed by atoms with van der Waals surface area (Å²) in [5.41, 5.74) is 0.227. The first kappa shape index (κ1) is 15.1. The molecule has 2 rings (SSSR count). The number of rotatable bonds is 6. The second-order valence-corrected chi connectivity index (χ2v) is 5.79. The summed E-state index contributed by atoms with van der Waals surface area (Å²) in [6, 6.07) is 0. The second kappa shape index (κ2) is 5.99. The van der Waals surface area contributed by atoms with Crippen molar-refractivity contribution in [1.29, 1.82) is 0 Å². The van der Waals surface area contributed by atoms with Crippen molar-refractivity contribution in [2.45, 2.75) is 18.4 Å². The van der Waals surface area contributed by atoms with E-state index in [2.05, 4.69) is 6.58 Å². The molecule has 0 unspecified atom stereocenters. The number of carbonyl (C=O) groups excluding carboxylic acids is 2. The first-order valence-electron chi connectivity index (χ1n) is 6.20. The molecular weight excluding hydrogens is 282 g/mol. The maximum Gasteiger partial charge on any atom is 0.356 e. The normalized spacial score (nSPS) is 26.1. The van der Waals surface area contributed by atoms with Crippen molar-refractivity contribution in [1.82, 2.24) is 4.90 Å². The molecule has 6 nitrogen and oxygen atoms in total. The zero-order chi connectivity index (χ0) is 14.9. The number of nitrogens with zero attached hydrogens (tertiary/aromatic N) is 1. The van der Waals surface area contributed by atoms with Gasteiger partial charge in [0.1, 0.15) is 17.7 Å². The summed E-state index contributed by atoms with van der Waals surface area (Å²) in [6.45, 7) is 5.37. The predicted octanol–water partition coefficient (Wildman–Crippen LogP) is 0.486. The van der Waals surface area contributed by atoms with E-state index in [0.717, 1.165) is 0 Å². The monoisotopic (exact) mass is 299 g/mol. The van der Waals surface area contributed by atoms with Crippen LogP contribution in [-0.2, 0) is 19.1 Å². The summed E-state index contributed by atoms with van der Waals surface area (Å²) in [5, 5.41) is 9.38. The van der Waals surface area contributed by atoms with Gasteiger partial charge in [0.05, 0.1) is 18.6 Å². The number of aliphatic hydroxyl groups excluding tert-OH is 1. The SMILES string of the molecule is C=CCOC(=O)C1=C(COC)S[C@@H]2[C@@H]([C@@H](C)O)C(=O)N12. The lowest BCUT2D eigenvalue weighted by atomic mass is 9.92. The number of thioether (sulfide) groups is 1. The minimum atomic E-state index is -0.747. The largest absolute Gasteiger partial charge is 0.457 e. The lowest BCUT2D eigenvalue weighted by Gasteiger charge is -2.43. The van der Waals surface area contributed by atoms with Crippen molar-refractivity contribution in [3.63, 3.8) is 0 Å². The maximum absolute atomic E-state index is 12.1. The van der Waals surface area contributed by atoms with Gasteiger partial charge in [-0.25, -0.2) is 4.79 Å². The van der Waals surface area contributed by atoms with Gasteiger partial charge in [-0.1, -0.05) is 24.4 Å². The summed E-state index contributed by atoms with van der Waals surface area (Å²) < 4.78 is 10.1. The van der Waals surface area contributed by atoms with Gasteiger partial charge in [0.25, 0.3) is 0 Å². The van der Waals surface area contributed by atoms with Crippen molar-refractivity contribution in [3.8, 4) is 0 Å². The van der Waals surface area contributed by atoms with Gasteiger partial charge < -0.3 is 14.6 Å². The molecule has 20 heavy (non-hydrogen) atoms. The summed E-state index contributed by atoms with van der Waals surface area (Å²) in [4.78, 5) is 26.2. The Hall–Kier alpha value is -1.31. The van der Waals surface area contributed by atoms with Gasteiger partial charge in [-0.3, -0.25) is 9.69 Å². The molecule has 1 amide bonds. The van der Waals surface area contributed by atoms with E-state index < -0.39 is 18.0 Å². The molecule has 7 heteroatoms. The molecule has 3 atom stereocenters. The molecule has 1 N–H and O–H groups in total. The van der Waals surface area contributed by atoms with Crippen molar-refractivity contribution in [2.75, 3.05) is 20.3 Å². The summed E-state index contributed by atoms with van der Waals surface area (Å²) >= 11 is 1.37. The minimum Gasteiger partial charge on any atom is -0.457 e. The molecule has 0 radical (unpaired) electrons. The van der Waals surface area contributed by atoms with Crippen LogP contribution >= 0.6 is 11.8 Å². The maximum atomic E-state index is 12.1. The third-order valence-electron chi connectivity index (χ3n) is 3.17. The Bertz CT molecular complexity index is 473. The van der Waals surface area contributed by atoms with Gasteiger partial charge in [-0.2, -0.15) is 0 Å². The Morgan fingerprint density at radius 1 is 1.65 bits per heavy atom. The number of methoxy groups -OCH3 is 1. The third kappa shape index (κ3) is 2.36. The Balaban J connectivity index is 2.21. The fourth-order valence-electron chi connectivity index (χ4n) is 2.28. The molecule has 110 valence electrons. The Labute approximate surface area is 121 Å². The standard InChI is InChI=1S/C13H17NO5S/c1-4-5-19-13(17)10-8(6-18-3)20-12-9(7(2)15)11(16)14(10)12/h4,7,9,12,15H,1,5-6H2,2-3H3/t7-,9+,12-/m1/s1. The van der Waals surface area contributed by atoms with Gasteiger partial charge in [0, 0.05) is 12.0 Å². The molecule has 2 aliphatic rings. The van der Waals surface area contributed by atoms with Crippen LogP contribution in [0.1, 0.15) is 6.92 Å². The molecule has 0 saturated carbocycles. The number of fused-ring (bicyclic) bond motifs is 1. The zero-order valence-corrected chi connectivity index (χ0v) is 12.2. The van der Waals surface area contributed by atoms with E-state index in [1.807, 2.05) is 0 Å². The van der Waals surface area contributed by atoms with Gasteiger partial charge in [0.15, 0.2) is 0 Å². The quantitative estimate of drug-likeness (QED) is 0.437. The number of β-lactam (4-membered cyclic amide) rings is 1. The van der Waals surface area contributed by atoms with E-state index in [4.69, 9.17) is 9.47 Å². The van der Waals surface area contributed by atoms with Crippen LogP contribution in [0.3, 0.4) is 0 Å². The van der Waals surface area contributed by atoms with Crippen molar-refractivity contribution >= 4 is 23.6 Å². The van der Waals surface area contributed by atoms with E-state index in [-0.39, 0.29) is 30.2 Å². The molecule has 0 aromatic carbocycles. The van der Waals surface area contributed by atoms with Crippen molar-refractivity contribution in [2.24, 2.45) is 5.92 Å². The minimum absolute atomic E-state index is 0.0831. The number of esters is 1. The number of amides is 1. The fraction of sp³-hybridized carbons (Fsp3) is 0.538. The van der Waals surface area contributed by atoms with E-state index in [9.17, 15) is 14.7 Å². The highest BCUT2D eigenvalue weighted by Gasteiger charge is 2.57. The van der Waals surface area contributed by atoms with E-state index in [1.165, 1.54) is 29.8 Å². The van der Waals surface area contributed by atoms with Crippen molar-refractivity contribution < 1.29 is 24.2 Å². The Morgan fingerprint density at radius 2 is 2.35 bits per heavy atom. The van der Waals surface area contributed by atoms with Crippen LogP contribution in [0.5, 0.6) is 0 Å².